The highest BCUT2D eigenvalue weighted by Gasteiger charge is 2.26. The molecule has 0 amide bonds. The van der Waals surface area contributed by atoms with Crippen LogP contribution in [0.5, 0.6) is 0 Å². The number of benzene rings is 1. The van der Waals surface area contributed by atoms with Gasteiger partial charge in [0.2, 0.25) is 0 Å². The molecule has 1 atom stereocenters. The number of hydrogen-bond acceptors (Lipinski definition) is 1. The van der Waals surface area contributed by atoms with Gasteiger partial charge in [-0.05, 0) is 55.9 Å². The van der Waals surface area contributed by atoms with Crippen molar-refractivity contribution in [1.29, 1.82) is 0 Å². The van der Waals surface area contributed by atoms with Gasteiger partial charge in [-0.25, -0.2) is 4.39 Å². The molecule has 2 heteroatoms. The van der Waals surface area contributed by atoms with E-state index in [4.69, 9.17) is 0 Å². The third-order valence-corrected chi connectivity index (χ3v) is 3.44. The Morgan fingerprint density at radius 1 is 1.24 bits per heavy atom. The molecule has 2 rings (SSSR count). The van der Waals surface area contributed by atoms with E-state index in [9.17, 15) is 9.50 Å². The molecule has 1 aliphatic rings. The Bertz CT molecular complexity index is 403. The normalized spacial score (nSPS) is 19.6. The summed E-state index contributed by atoms with van der Waals surface area (Å²) >= 11 is 0. The molecule has 17 heavy (non-hydrogen) atoms. The van der Waals surface area contributed by atoms with Crippen LogP contribution in [-0.2, 0) is 6.42 Å². The molecule has 0 fully saturated rings. The summed E-state index contributed by atoms with van der Waals surface area (Å²) in [6, 6.07) is 6.38. The van der Waals surface area contributed by atoms with Crippen molar-refractivity contribution in [3.63, 3.8) is 0 Å². The molecular weight excluding hydrogens is 215 g/mol. The van der Waals surface area contributed by atoms with Gasteiger partial charge in [0.05, 0.1) is 5.60 Å². The highest BCUT2D eigenvalue weighted by Crippen LogP contribution is 2.30. The Balaban J connectivity index is 2.10. The highest BCUT2D eigenvalue weighted by atomic mass is 19.1. The third kappa shape index (κ3) is 3.16. The van der Waals surface area contributed by atoms with Gasteiger partial charge in [-0.1, -0.05) is 18.2 Å². The van der Waals surface area contributed by atoms with E-state index in [2.05, 4.69) is 6.08 Å². The summed E-state index contributed by atoms with van der Waals surface area (Å²) in [4.78, 5) is 0. The van der Waals surface area contributed by atoms with Crippen molar-refractivity contribution in [2.24, 2.45) is 0 Å². The predicted molar refractivity (Wildman–Crippen MR) is 67.3 cm³/mol. The molecule has 0 saturated heterocycles. The van der Waals surface area contributed by atoms with Crippen molar-refractivity contribution in [1.82, 2.24) is 0 Å². The molecule has 92 valence electrons. The SMILES string of the molecule is CC(O)(Cc1ccc(F)cc1)C1=CCCCC1. The van der Waals surface area contributed by atoms with Crippen molar-refractivity contribution in [3.8, 4) is 0 Å². The van der Waals surface area contributed by atoms with Crippen molar-refractivity contribution < 1.29 is 9.50 Å². The van der Waals surface area contributed by atoms with E-state index < -0.39 is 5.60 Å². The van der Waals surface area contributed by atoms with Gasteiger partial charge in [-0.2, -0.15) is 0 Å². The van der Waals surface area contributed by atoms with E-state index in [1.54, 1.807) is 12.1 Å². The summed E-state index contributed by atoms with van der Waals surface area (Å²) in [6.45, 7) is 1.85. The van der Waals surface area contributed by atoms with Gasteiger partial charge in [0.25, 0.3) is 0 Å². The van der Waals surface area contributed by atoms with Gasteiger partial charge in [-0.15, -0.1) is 0 Å². The fourth-order valence-corrected chi connectivity index (χ4v) is 2.44. The average Bonchev–Trinajstić information content (AvgIpc) is 2.33. The molecule has 1 aromatic carbocycles. The smallest absolute Gasteiger partial charge is 0.123 e. The maximum absolute atomic E-state index is 12.8. The molecule has 0 aromatic heterocycles. The fourth-order valence-electron chi connectivity index (χ4n) is 2.44. The lowest BCUT2D eigenvalue weighted by Gasteiger charge is -2.29. The summed E-state index contributed by atoms with van der Waals surface area (Å²) in [7, 11) is 0. The van der Waals surface area contributed by atoms with Crippen molar-refractivity contribution in [2.75, 3.05) is 0 Å². The quantitative estimate of drug-likeness (QED) is 0.792. The van der Waals surface area contributed by atoms with Gasteiger partial charge < -0.3 is 5.11 Å². The first-order valence-corrected chi connectivity index (χ1v) is 6.24. The zero-order valence-corrected chi connectivity index (χ0v) is 10.2. The Morgan fingerprint density at radius 3 is 2.53 bits per heavy atom. The molecule has 0 spiro atoms. The summed E-state index contributed by atoms with van der Waals surface area (Å²) in [6.07, 6.45) is 7.14. The molecule has 0 aliphatic heterocycles. The van der Waals surface area contributed by atoms with Crippen LogP contribution < -0.4 is 0 Å². The van der Waals surface area contributed by atoms with Crippen LogP contribution in [0.3, 0.4) is 0 Å². The van der Waals surface area contributed by atoms with Crippen molar-refractivity contribution >= 4 is 0 Å². The molecule has 0 bridgehead atoms. The summed E-state index contributed by atoms with van der Waals surface area (Å²) in [5.74, 6) is -0.231. The molecule has 1 unspecified atom stereocenters. The summed E-state index contributed by atoms with van der Waals surface area (Å²) < 4.78 is 12.8. The van der Waals surface area contributed by atoms with Crippen molar-refractivity contribution in [3.05, 3.63) is 47.3 Å². The fraction of sp³-hybridized carbons (Fsp3) is 0.467. The molecule has 0 saturated carbocycles. The number of halogens is 1. The van der Waals surface area contributed by atoms with Gasteiger partial charge in [0.1, 0.15) is 5.82 Å². The van der Waals surface area contributed by atoms with Gasteiger partial charge in [0, 0.05) is 6.42 Å². The van der Waals surface area contributed by atoms with Crippen LogP contribution >= 0.6 is 0 Å². The number of rotatable bonds is 3. The van der Waals surface area contributed by atoms with Gasteiger partial charge in [-0.3, -0.25) is 0 Å². The maximum atomic E-state index is 12.8. The standard InChI is InChI=1S/C15H19FO/c1-15(17,13-5-3-2-4-6-13)11-12-7-9-14(16)10-8-12/h5,7-10,17H,2-4,6,11H2,1H3. The van der Waals surface area contributed by atoms with E-state index in [0.29, 0.717) is 6.42 Å². The molecular formula is C15H19FO. The Kier molecular flexibility index (Phi) is 3.63. The zero-order chi connectivity index (χ0) is 12.3. The first kappa shape index (κ1) is 12.3. The van der Waals surface area contributed by atoms with Crippen molar-refractivity contribution in [2.45, 2.75) is 44.6 Å². The average molecular weight is 234 g/mol. The summed E-state index contributed by atoms with van der Waals surface area (Å²) in [5.41, 5.74) is 1.31. The molecule has 1 nitrogen and oxygen atoms in total. The Labute approximate surface area is 102 Å². The molecule has 1 aromatic rings. The lowest BCUT2D eigenvalue weighted by atomic mass is 9.83. The molecule has 0 heterocycles. The first-order valence-electron chi connectivity index (χ1n) is 6.24. The molecule has 1 N–H and O–H groups in total. The number of hydrogen-bond donors (Lipinski definition) is 1. The lowest BCUT2D eigenvalue weighted by molar-refractivity contribution is 0.0933. The van der Waals surface area contributed by atoms with Crippen LogP contribution in [0.15, 0.2) is 35.9 Å². The number of allylic oxidation sites excluding steroid dienone is 1. The minimum Gasteiger partial charge on any atom is -0.385 e. The largest absolute Gasteiger partial charge is 0.385 e. The van der Waals surface area contributed by atoms with E-state index in [-0.39, 0.29) is 5.82 Å². The second-order valence-corrected chi connectivity index (χ2v) is 5.05. The van der Waals surface area contributed by atoms with Crippen LogP contribution in [0.1, 0.15) is 38.2 Å². The second kappa shape index (κ2) is 5.01. The zero-order valence-electron chi connectivity index (χ0n) is 10.2. The van der Waals surface area contributed by atoms with E-state index >= 15 is 0 Å². The van der Waals surface area contributed by atoms with Crippen LogP contribution in [0.2, 0.25) is 0 Å². The molecule has 1 aliphatic carbocycles. The van der Waals surface area contributed by atoms with Crippen LogP contribution in [0.25, 0.3) is 0 Å². The van der Waals surface area contributed by atoms with E-state index in [0.717, 1.165) is 30.4 Å². The summed E-state index contributed by atoms with van der Waals surface area (Å²) in [5, 5.41) is 10.5. The number of aliphatic hydroxyl groups is 1. The lowest BCUT2D eigenvalue weighted by Crippen LogP contribution is -2.30. The predicted octanol–water partition coefficient (Wildman–Crippen LogP) is 3.62. The maximum Gasteiger partial charge on any atom is 0.123 e. The Hall–Kier alpha value is -1.15. The first-order chi connectivity index (χ1) is 8.08. The van der Waals surface area contributed by atoms with Crippen LogP contribution in [0.4, 0.5) is 4.39 Å². The molecule has 0 radical (unpaired) electrons. The third-order valence-electron chi connectivity index (χ3n) is 3.44. The topological polar surface area (TPSA) is 20.2 Å². The monoisotopic (exact) mass is 234 g/mol. The van der Waals surface area contributed by atoms with Gasteiger partial charge in [0.15, 0.2) is 0 Å². The second-order valence-electron chi connectivity index (χ2n) is 5.05. The minimum absolute atomic E-state index is 0.231. The van der Waals surface area contributed by atoms with Crippen LogP contribution in [-0.4, -0.2) is 10.7 Å². The van der Waals surface area contributed by atoms with Crippen LogP contribution in [0, 0.1) is 5.82 Å². The Morgan fingerprint density at radius 2 is 1.94 bits per heavy atom. The van der Waals surface area contributed by atoms with E-state index in [1.165, 1.54) is 18.6 Å². The highest BCUT2D eigenvalue weighted by molar-refractivity contribution is 5.25. The van der Waals surface area contributed by atoms with Gasteiger partial charge >= 0.3 is 0 Å². The minimum atomic E-state index is -0.793. The van der Waals surface area contributed by atoms with E-state index in [1.807, 2.05) is 6.92 Å².